The Bertz CT molecular complexity index is 1070. The van der Waals surface area contributed by atoms with Crippen molar-refractivity contribution in [2.24, 2.45) is 0 Å². The van der Waals surface area contributed by atoms with Crippen molar-refractivity contribution >= 4 is 17.7 Å². The van der Waals surface area contributed by atoms with Gasteiger partial charge < -0.3 is 19.9 Å². The first-order valence-corrected chi connectivity index (χ1v) is 11.7. The second-order valence-corrected chi connectivity index (χ2v) is 9.24. The molecule has 1 N–H and O–H groups in total. The molecular formula is C26H29N3O4. The first-order chi connectivity index (χ1) is 16.0. The van der Waals surface area contributed by atoms with Crippen LogP contribution < -0.4 is 10.1 Å². The van der Waals surface area contributed by atoms with E-state index in [-0.39, 0.29) is 24.1 Å². The summed E-state index contributed by atoms with van der Waals surface area (Å²) in [6.07, 6.45) is 1.96. The number of para-hydroxylation sites is 1. The molecule has 1 spiro atoms. The molecular weight excluding hydrogens is 418 g/mol. The summed E-state index contributed by atoms with van der Waals surface area (Å²) in [6, 6.07) is 16.9. The van der Waals surface area contributed by atoms with Crippen LogP contribution >= 0.6 is 0 Å². The Hall–Kier alpha value is -3.35. The van der Waals surface area contributed by atoms with E-state index in [9.17, 15) is 14.4 Å². The van der Waals surface area contributed by atoms with Crippen molar-refractivity contribution in [1.29, 1.82) is 0 Å². The van der Waals surface area contributed by atoms with E-state index in [0.29, 0.717) is 49.7 Å². The fraction of sp³-hybridized carbons (Fsp3) is 0.423. The highest BCUT2D eigenvalue weighted by atomic mass is 16.5. The molecule has 0 saturated carbocycles. The number of carbonyl (C=O) groups excluding carboxylic acids is 3. The van der Waals surface area contributed by atoms with Gasteiger partial charge in [0.05, 0.1) is 5.56 Å². The van der Waals surface area contributed by atoms with Gasteiger partial charge >= 0.3 is 0 Å². The first-order valence-electron chi connectivity index (χ1n) is 11.7. The van der Waals surface area contributed by atoms with Crippen LogP contribution in [0.4, 0.5) is 0 Å². The van der Waals surface area contributed by atoms with E-state index in [1.54, 1.807) is 23.1 Å². The van der Waals surface area contributed by atoms with Crippen LogP contribution in [-0.2, 0) is 9.59 Å². The number of amides is 3. The molecule has 3 heterocycles. The molecule has 3 atom stereocenters. The van der Waals surface area contributed by atoms with Crippen molar-refractivity contribution in [2.45, 2.75) is 50.3 Å². The molecule has 2 fully saturated rings. The van der Waals surface area contributed by atoms with Crippen LogP contribution in [0.15, 0.2) is 54.6 Å². The minimum Gasteiger partial charge on any atom is -0.467 e. The van der Waals surface area contributed by atoms with Crippen LogP contribution in [0.5, 0.6) is 5.75 Å². The highest BCUT2D eigenvalue weighted by molar-refractivity contribution is 5.98. The molecule has 3 amide bonds. The Morgan fingerprint density at radius 2 is 1.82 bits per heavy atom. The molecule has 0 aliphatic carbocycles. The number of ether oxygens (including phenoxy) is 1. The van der Waals surface area contributed by atoms with Gasteiger partial charge in [-0.15, -0.1) is 0 Å². The molecule has 2 aromatic rings. The summed E-state index contributed by atoms with van der Waals surface area (Å²) in [5, 5.41) is 2.98. The summed E-state index contributed by atoms with van der Waals surface area (Å²) in [4.78, 5) is 42.5. The molecule has 7 nitrogen and oxygen atoms in total. The molecule has 0 bridgehead atoms. The number of fused-ring (bicyclic) bond motifs is 1. The molecule has 5 rings (SSSR count). The van der Waals surface area contributed by atoms with Crippen LogP contribution in [0.1, 0.15) is 54.4 Å². The molecule has 7 heteroatoms. The van der Waals surface area contributed by atoms with Gasteiger partial charge in [-0.1, -0.05) is 42.5 Å². The maximum absolute atomic E-state index is 13.3. The number of nitrogens with one attached hydrogen (secondary N) is 1. The highest BCUT2D eigenvalue weighted by Gasteiger charge is 2.44. The van der Waals surface area contributed by atoms with Crippen LogP contribution in [-0.4, -0.2) is 58.9 Å². The van der Waals surface area contributed by atoms with E-state index < -0.39 is 11.8 Å². The van der Waals surface area contributed by atoms with Crippen LogP contribution in [0.3, 0.4) is 0 Å². The number of benzene rings is 2. The molecule has 2 aromatic carbocycles. The second-order valence-electron chi connectivity index (χ2n) is 9.24. The molecule has 0 radical (unpaired) electrons. The molecule has 0 aromatic heterocycles. The maximum atomic E-state index is 13.3. The SMILES string of the molecule is CC(C(=O)N1CCC(c2ccccc2)C1)N1CCC2(CCC1=O)NC(=O)c1ccccc1O2. The number of nitrogens with zero attached hydrogens (tertiary/aromatic N) is 2. The second kappa shape index (κ2) is 8.54. The third-order valence-corrected chi connectivity index (χ3v) is 7.19. The minimum absolute atomic E-state index is 0.0170. The standard InChI is InChI=1S/C26H29N3O4/c1-18(25(32)28-15-12-20(17-28)19-7-3-2-4-8-19)29-16-14-26(13-11-23(29)30)27-24(31)21-9-5-6-10-22(21)33-26/h2-10,18,20H,11-17H2,1H3,(H,27,31). The van der Waals surface area contributed by atoms with Gasteiger partial charge in [-0.25, -0.2) is 0 Å². The summed E-state index contributed by atoms with van der Waals surface area (Å²) in [6.45, 7) is 3.54. The lowest BCUT2D eigenvalue weighted by Crippen LogP contribution is -2.56. The van der Waals surface area contributed by atoms with Crippen molar-refractivity contribution in [1.82, 2.24) is 15.1 Å². The fourth-order valence-corrected chi connectivity index (χ4v) is 5.25. The van der Waals surface area contributed by atoms with Crippen molar-refractivity contribution in [3.8, 4) is 5.75 Å². The normalized spacial score (nSPS) is 25.8. The zero-order chi connectivity index (χ0) is 23.0. The van der Waals surface area contributed by atoms with E-state index >= 15 is 0 Å². The van der Waals surface area contributed by atoms with Crippen LogP contribution in [0, 0.1) is 0 Å². The molecule has 172 valence electrons. The lowest BCUT2D eigenvalue weighted by Gasteiger charge is -2.38. The predicted octanol–water partition coefficient (Wildman–Crippen LogP) is 2.92. The van der Waals surface area contributed by atoms with E-state index in [1.165, 1.54) is 5.56 Å². The van der Waals surface area contributed by atoms with Gasteiger partial charge in [-0.2, -0.15) is 0 Å². The van der Waals surface area contributed by atoms with Crippen molar-refractivity contribution in [3.05, 3.63) is 65.7 Å². The molecule has 3 unspecified atom stereocenters. The number of rotatable bonds is 3. The lowest BCUT2D eigenvalue weighted by atomic mass is 9.99. The van der Waals surface area contributed by atoms with Gasteiger partial charge in [0.25, 0.3) is 5.91 Å². The quantitative estimate of drug-likeness (QED) is 0.785. The van der Waals surface area contributed by atoms with Crippen molar-refractivity contribution in [3.63, 3.8) is 0 Å². The van der Waals surface area contributed by atoms with Crippen LogP contribution in [0.25, 0.3) is 0 Å². The number of likely N-dealkylation sites (tertiary alicyclic amines) is 2. The highest BCUT2D eigenvalue weighted by Crippen LogP contribution is 2.34. The predicted molar refractivity (Wildman–Crippen MR) is 123 cm³/mol. The summed E-state index contributed by atoms with van der Waals surface area (Å²) in [7, 11) is 0. The third-order valence-electron chi connectivity index (χ3n) is 7.19. The minimum atomic E-state index is -0.926. The summed E-state index contributed by atoms with van der Waals surface area (Å²) >= 11 is 0. The lowest BCUT2D eigenvalue weighted by molar-refractivity contribution is -0.144. The molecule has 33 heavy (non-hydrogen) atoms. The molecule has 3 aliphatic heterocycles. The van der Waals surface area contributed by atoms with Gasteiger partial charge in [-0.3, -0.25) is 14.4 Å². The van der Waals surface area contributed by atoms with Gasteiger partial charge in [0.1, 0.15) is 11.8 Å². The Balaban J connectivity index is 1.26. The summed E-state index contributed by atoms with van der Waals surface area (Å²) in [5.74, 6) is 0.581. The third kappa shape index (κ3) is 4.08. The fourth-order valence-electron chi connectivity index (χ4n) is 5.25. The largest absolute Gasteiger partial charge is 0.467 e. The van der Waals surface area contributed by atoms with Gasteiger partial charge in [0, 0.05) is 44.8 Å². The van der Waals surface area contributed by atoms with E-state index in [2.05, 4.69) is 17.4 Å². The number of hydrogen-bond donors (Lipinski definition) is 1. The van der Waals surface area contributed by atoms with Gasteiger partial charge in [0.15, 0.2) is 5.72 Å². The van der Waals surface area contributed by atoms with Crippen LogP contribution in [0.2, 0.25) is 0 Å². The van der Waals surface area contributed by atoms with Crippen molar-refractivity contribution in [2.75, 3.05) is 19.6 Å². The summed E-state index contributed by atoms with van der Waals surface area (Å²) in [5.41, 5.74) is 0.824. The monoisotopic (exact) mass is 447 g/mol. The number of carbonyl (C=O) groups is 3. The summed E-state index contributed by atoms with van der Waals surface area (Å²) < 4.78 is 6.20. The maximum Gasteiger partial charge on any atom is 0.258 e. The van der Waals surface area contributed by atoms with Crippen molar-refractivity contribution < 1.29 is 19.1 Å². The average molecular weight is 448 g/mol. The molecule has 2 saturated heterocycles. The Labute approximate surface area is 193 Å². The zero-order valence-electron chi connectivity index (χ0n) is 18.8. The Morgan fingerprint density at radius 1 is 1.06 bits per heavy atom. The zero-order valence-corrected chi connectivity index (χ0v) is 18.8. The van der Waals surface area contributed by atoms with E-state index in [1.807, 2.05) is 36.1 Å². The Morgan fingerprint density at radius 3 is 2.64 bits per heavy atom. The Kier molecular flexibility index (Phi) is 5.56. The van der Waals surface area contributed by atoms with E-state index in [4.69, 9.17) is 4.74 Å². The first kappa shape index (κ1) is 21.5. The smallest absolute Gasteiger partial charge is 0.258 e. The van der Waals surface area contributed by atoms with Gasteiger partial charge in [0.2, 0.25) is 11.8 Å². The molecule has 3 aliphatic rings. The van der Waals surface area contributed by atoms with Gasteiger partial charge in [-0.05, 0) is 31.0 Å². The average Bonchev–Trinajstić information content (AvgIpc) is 3.28. The van der Waals surface area contributed by atoms with E-state index in [0.717, 1.165) is 6.42 Å². The number of hydrogen-bond acceptors (Lipinski definition) is 4. The topological polar surface area (TPSA) is 79.0 Å².